The molecule has 0 radical (unpaired) electrons. The van der Waals surface area contributed by atoms with Gasteiger partial charge < -0.3 is 0 Å². The maximum absolute atomic E-state index is 14.0. The summed E-state index contributed by atoms with van der Waals surface area (Å²) in [4.78, 5) is 21.7. The molecule has 0 aliphatic heterocycles. The molecule has 1 amide bonds. The molecule has 0 aliphatic carbocycles. The molecule has 1 N–H and O–H groups in total. The molecule has 158 valence electrons. The molecule has 0 unspecified atom stereocenters. The summed E-state index contributed by atoms with van der Waals surface area (Å²) < 4.78 is 29.0. The minimum atomic E-state index is -2.94. The van der Waals surface area contributed by atoms with E-state index in [2.05, 4.69) is 20.4 Å². The van der Waals surface area contributed by atoms with Gasteiger partial charge in [-0.25, -0.2) is 18.4 Å². The van der Waals surface area contributed by atoms with Gasteiger partial charge in [0.1, 0.15) is 11.4 Å². The van der Waals surface area contributed by atoms with E-state index in [4.69, 9.17) is 11.6 Å². The number of nitrogens with one attached hydrogen (secondary N) is 1. The van der Waals surface area contributed by atoms with Gasteiger partial charge in [-0.3, -0.25) is 15.1 Å². The summed E-state index contributed by atoms with van der Waals surface area (Å²) in [6.45, 7) is 3.36. The van der Waals surface area contributed by atoms with E-state index in [1.807, 2.05) is 19.1 Å². The highest BCUT2D eigenvalue weighted by atomic mass is 35.5. The van der Waals surface area contributed by atoms with Gasteiger partial charge in [0.05, 0.1) is 27.7 Å². The molecule has 0 spiro atoms. The predicted octanol–water partition coefficient (Wildman–Crippen LogP) is 5.85. The molecule has 31 heavy (non-hydrogen) atoms. The fourth-order valence-electron chi connectivity index (χ4n) is 3.13. The Morgan fingerprint density at radius 2 is 1.87 bits per heavy atom. The highest BCUT2D eigenvalue weighted by Crippen LogP contribution is 2.32. The fraction of sp³-hybridized carbons (Fsp3) is 0.143. The Bertz CT molecular complexity index is 1270. The molecule has 0 atom stereocenters. The number of aryl methyl sites for hydroxylation is 2. The van der Waals surface area contributed by atoms with Crippen molar-refractivity contribution in [2.24, 2.45) is 0 Å². The van der Waals surface area contributed by atoms with Crippen LogP contribution in [0.2, 0.25) is 5.02 Å². The molecule has 3 heterocycles. The Labute approximate surface area is 185 Å². The minimum Gasteiger partial charge on any atom is -0.298 e. The van der Waals surface area contributed by atoms with Crippen molar-refractivity contribution in [1.82, 2.24) is 19.7 Å². The van der Waals surface area contributed by atoms with E-state index in [0.717, 1.165) is 10.4 Å². The quantitative estimate of drug-likeness (QED) is 0.406. The van der Waals surface area contributed by atoms with Crippen molar-refractivity contribution in [1.29, 1.82) is 0 Å². The van der Waals surface area contributed by atoms with E-state index in [1.165, 1.54) is 18.3 Å². The molecule has 0 aliphatic rings. The monoisotopic (exact) mass is 459 g/mol. The maximum Gasteiger partial charge on any atom is 0.281 e. The third kappa shape index (κ3) is 4.19. The van der Waals surface area contributed by atoms with Crippen LogP contribution in [0.25, 0.3) is 17.1 Å². The predicted molar refractivity (Wildman–Crippen MR) is 116 cm³/mol. The number of nitrogens with zero attached hydrogens (tertiary/aromatic N) is 4. The first kappa shape index (κ1) is 21.1. The number of amides is 1. The standard InChI is InChI=1S/C21H16ClF2N5OS/c1-11-6-5-8-14(25-11)15-10-31-21(26-15)27-20(30)17-12(2)28-29(18(17)19(23)24)16-9-4-3-7-13(16)22/h3-10,19H,1-2H3,(H,26,27,30). The fourth-order valence-corrected chi connectivity index (χ4v) is 4.04. The van der Waals surface area contributed by atoms with Gasteiger partial charge in [-0.1, -0.05) is 29.8 Å². The van der Waals surface area contributed by atoms with Gasteiger partial charge in [-0.2, -0.15) is 5.10 Å². The molecular weight excluding hydrogens is 444 g/mol. The molecule has 4 rings (SSSR count). The number of aromatic nitrogens is 4. The molecule has 0 saturated heterocycles. The first-order valence-corrected chi connectivity index (χ1v) is 10.4. The van der Waals surface area contributed by atoms with Gasteiger partial charge >= 0.3 is 0 Å². The third-order valence-electron chi connectivity index (χ3n) is 4.49. The second kappa shape index (κ2) is 8.52. The van der Waals surface area contributed by atoms with Crippen LogP contribution in [-0.4, -0.2) is 25.7 Å². The average Bonchev–Trinajstić information content (AvgIpc) is 3.32. The largest absolute Gasteiger partial charge is 0.298 e. The summed E-state index contributed by atoms with van der Waals surface area (Å²) in [7, 11) is 0. The number of para-hydroxylation sites is 1. The van der Waals surface area contributed by atoms with E-state index < -0.39 is 18.0 Å². The van der Waals surface area contributed by atoms with E-state index in [9.17, 15) is 13.6 Å². The van der Waals surface area contributed by atoms with E-state index in [1.54, 1.807) is 35.7 Å². The third-order valence-corrected chi connectivity index (χ3v) is 5.56. The molecule has 6 nitrogen and oxygen atoms in total. The van der Waals surface area contributed by atoms with Crippen molar-refractivity contribution in [3.63, 3.8) is 0 Å². The normalized spacial score (nSPS) is 11.2. The van der Waals surface area contributed by atoms with Gasteiger partial charge in [0.15, 0.2) is 5.13 Å². The van der Waals surface area contributed by atoms with Crippen molar-refractivity contribution >= 4 is 34.0 Å². The zero-order valence-corrected chi connectivity index (χ0v) is 18.0. The molecule has 3 aromatic heterocycles. The number of benzene rings is 1. The van der Waals surface area contributed by atoms with Crippen LogP contribution in [0.5, 0.6) is 0 Å². The van der Waals surface area contributed by atoms with Crippen LogP contribution in [0.4, 0.5) is 13.9 Å². The summed E-state index contributed by atoms with van der Waals surface area (Å²) in [5, 5.41) is 9.01. The second-order valence-electron chi connectivity index (χ2n) is 6.67. The average molecular weight is 460 g/mol. The van der Waals surface area contributed by atoms with Crippen molar-refractivity contribution in [3.05, 3.63) is 75.5 Å². The van der Waals surface area contributed by atoms with Crippen LogP contribution in [0.1, 0.15) is 33.9 Å². The van der Waals surface area contributed by atoms with E-state index in [0.29, 0.717) is 11.4 Å². The summed E-state index contributed by atoms with van der Waals surface area (Å²) in [6, 6.07) is 12.0. The van der Waals surface area contributed by atoms with Crippen LogP contribution in [0.15, 0.2) is 47.8 Å². The second-order valence-corrected chi connectivity index (χ2v) is 7.93. The first-order valence-electron chi connectivity index (χ1n) is 9.18. The SMILES string of the molecule is Cc1cccc(-c2csc(NC(=O)c3c(C)nn(-c4ccccc4Cl)c3C(F)F)n2)n1. The Balaban J connectivity index is 1.67. The number of hydrogen-bond donors (Lipinski definition) is 1. The Morgan fingerprint density at radius 1 is 1.10 bits per heavy atom. The zero-order chi connectivity index (χ0) is 22.1. The van der Waals surface area contributed by atoms with Crippen molar-refractivity contribution in [2.45, 2.75) is 20.3 Å². The number of carbonyl (C=O) groups excluding carboxylic acids is 1. The number of pyridine rings is 1. The first-order chi connectivity index (χ1) is 14.8. The number of carbonyl (C=O) groups is 1. The number of hydrogen-bond acceptors (Lipinski definition) is 5. The molecular formula is C21H16ClF2N5OS. The molecule has 1 aromatic carbocycles. The summed E-state index contributed by atoms with van der Waals surface area (Å²) in [5.74, 6) is -0.718. The smallest absolute Gasteiger partial charge is 0.281 e. The van der Waals surface area contributed by atoms with Crippen molar-refractivity contribution in [2.75, 3.05) is 5.32 Å². The lowest BCUT2D eigenvalue weighted by Gasteiger charge is -2.10. The van der Waals surface area contributed by atoms with Gasteiger partial charge in [-0.15, -0.1) is 11.3 Å². The lowest BCUT2D eigenvalue weighted by molar-refractivity contribution is 0.100. The van der Waals surface area contributed by atoms with Crippen LogP contribution in [0.3, 0.4) is 0 Å². The number of halogens is 3. The van der Waals surface area contributed by atoms with Gasteiger partial charge in [0.25, 0.3) is 12.3 Å². The Hall–Kier alpha value is -3.17. The van der Waals surface area contributed by atoms with Gasteiger partial charge in [0, 0.05) is 11.1 Å². The van der Waals surface area contributed by atoms with Gasteiger partial charge in [-0.05, 0) is 38.1 Å². The summed E-state index contributed by atoms with van der Waals surface area (Å²) in [6.07, 6.45) is -2.94. The number of alkyl halides is 2. The lowest BCUT2D eigenvalue weighted by atomic mass is 10.1. The Kier molecular flexibility index (Phi) is 5.79. The van der Waals surface area contributed by atoms with Crippen molar-refractivity contribution in [3.8, 4) is 17.1 Å². The van der Waals surface area contributed by atoms with Gasteiger partial charge in [0.2, 0.25) is 0 Å². The zero-order valence-electron chi connectivity index (χ0n) is 16.4. The molecule has 10 heteroatoms. The molecule has 4 aromatic rings. The topological polar surface area (TPSA) is 72.7 Å². The highest BCUT2D eigenvalue weighted by molar-refractivity contribution is 7.14. The number of anilines is 1. The maximum atomic E-state index is 14.0. The van der Waals surface area contributed by atoms with E-state index in [-0.39, 0.29) is 27.1 Å². The molecule has 0 bridgehead atoms. The molecule has 0 saturated carbocycles. The Morgan fingerprint density at radius 3 is 2.58 bits per heavy atom. The molecule has 0 fully saturated rings. The number of rotatable bonds is 5. The minimum absolute atomic E-state index is 0.157. The summed E-state index contributed by atoms with van der Waals surface area (Å²) >= 11 is 7.34. The number of thiazole rings is 1. The lowest BCUT2D eigenvalue weighted by Crippen LogP contribution is -2.15. The van der Waals surface area contributed by atoms with Crippen LogP contribution < -0.4 is 5.32 Å². The summed E-state index contributed by atoms with van der Waals surface area (Å²) in [5.41, 5.74) is 1.77. The van der Waals surface area contributed by atoms with E-state index >= 15 is 0 Å². The van der Waals surface area contributed by atoms with Crippen LogP contribution in [0, 0.1) is 13.8 Å². The highest BCUT2D eigenvalue weighted by Gasteiger charge is 2.29. The van der Waals surface area contributed by atoms with Crippen LogP contribution in [-0.2, 0) is 0 Å². The van der Waals surface area contributed by atoms with Crippen LogP contribution >= 0.6 is 22.9 Å². The van der Waals surface area contributed by atoms with Crippen molar-refractivity contribution < 1.29 is 13.6 Å².